The van der Waals surface area contributed by atoms with E-state index in [9.17, 15) is 9.59 Å². The largest absolute Gasteiger partial charge is 0.462 e. The first kappa shape index (κ1) is 19.2. The summed E-state index contributed by atoms with van der Waals surface area (Å²) in [5.41, 5.74) is 7.18. The first-order valence-corrected chi connectivity index (χ1v) is 11.0. The van der Waals surface area contributed by atoms with Crippen LogP contribution in [0.25, 0.3) is 0 Å². The van der Waals surface area contributed by atoms with Crippen molar-refractivity contribution >= 4 is 11.8 Å². The van der Waals surface area contributed by atoms with E-state index in [1.54, 1.807) is 0 Å². The average molecular weight is 374 g/mol. The second-order valence-electron chi connectivity index (χ2n) is 9.92. The maximum absolute atomic E-state index is 12.5. The minimum Gasteiger partial charge on any atom is -0.462 e. The van der Waals surface area contributed by atoms with Crippen LogP contribution in [0.15, 0.2) is 11.6 Å². The first-order chi connectivity index (χ1) is 12.9. The molecule has 6 atom stereocenters. The topological polar surface area (TPSA) is 69.4 Å². The molecule has 3 unspecified atom stereocenters. The summed E-state index contributed by atoms with van der Waals surface area (Å²) in [7, 11) is 0. The Morgan fingerprint density at radius 1 is 1.19 bits per heavy atom. The molecule has 3 fully saturated rings. The number of hydrogen-bond acceptors (Lipinski definition) is 4. The quantitative estimate of drug-likeness (QED) is 0.593. The van der Waals surface area contributed by atoms with Gasteiger partial charge in [0.05, 0.1) is 0 Å². The van der Waals surface area contributed by atoms with Gasteiger partial charge in [-0.25, -0.2) is 0 Å². The predicted molar refractivity (Wildman–Crippen MR) is 105 cm³/mol. The number of nitrogens with two attached hydrogens (primary N) is 1. The zero-order chi connectivity index (χ0) is 19.2. The Balaban J connectivity index is 1.48. The molecule has 3 saturated carbocycles. The molecule has 2 N–H and O–H groups in total. The molecule has 0 bridgehead atoms. The molecule has 0 aromatic carbocycles. The van der Waals surface area contributed by atoms with E-state index in [2.05, 4.69) is 19.9 Å². The fraction of sp³-hybridized carbons (Fsp3) is 0.826. The van der Waals surface area contributed by atoms with Crippen LogP contribution in [0.5, 0.6) is 0 Å². The fourth-order valence-corrected chi connectivity index (χ4v) is 6.99. The molecular formula is C23H35NO3. The Morgan fingerprint density at radius 2 is 1.93 bits per heavy atom. The van der Waals surface area contributed by atoms with Crippen LogP contribution in [0.2, 0.25) is 0 Å². The molecule has 0 aromatic heterocycles. The summed E-state index contributed by atoms with van der Waals surface area (Å²) >= 11 is 0. The van der Waals surface area contributed by atoms with Gasteiger partial charge in [-0.3, -0.25) is 9.59 Å². The second-order valence-corrected chi connectivity index (χ2v) is 9.92. The number of hydrogen-bond donors (Lipinski definition) is 1. The van der Waals surface area contributed by atoms with Crippen LogP contribution in [-0.4, -0.2) is 24.4 Å². The standard InChI is InChI=1S/C23H35NO3/c1-22-11-9-16(27-21(26)4-3-13-24)14-15(22)5-6-17-18-7-8-20(25)23(18,2)12-10-19(17)22/h5,16-19H,3-4,6-14,24H2,1-2H3/t16-,17?,18?,19?,22+,23+/m1/s1. The first-order valence-electron chi connectivity index (χ1n) is 11.0. The number of ether oxygens (including phenoxy) is 1. The number of carbonyl (C=O) groups excluding carboxylic acids is 2. The van der Waals surface area contributed by atoms with Gasteiger partial charge in [0.15, 0.2) is 0 Å². The molecule has 0 heterocycles. The van der Waals surface area contributed by atoms with Gasteiger partial charge >= 0.3 is 5.97 Å². The van der Waals surface area contributed by atoms with Crippen LogP contribution in [0, 0.1) is 28.6 Å². The van der Waals surface area contributed by atoms with E-state index in [1.807, 2.05) is 0 Å². The van der Waals surface area contributed by atoms with Gasteiger partial charge in [-0.05, 0) is 74.7 Å². The van der Waals surface area contributed by atoms with Crippen LogP contribution in [0.1, 0.15) is 78.1 Å². The van der Waals surface area contributed by atoms with Crippen LogP contribution in [0.3, 0.4) is 0 Å². The van der Waals surface area contributed by atoms with Crippen molar-refractivity contribution in [3.8, 4) is 0 Å². The number of fused-ring (bicyclic) bond motifs is 5. The van der Waals surface area contributed by atoms with E-state index in [4.69, 9.17) is 10.5 Å². The number of esters is 1. The van der Waals surface area contributed by atoms with Crippen molar-refractivity contribution in [2.24, 2.45) is 34.3 Å². The fourth-order valence-electron chi connectivity index (χ4n) is 6.99. The third-order valence-corrected chi connectivity index (χ3v) is 8.65. The van der Waals surface area contributed by atoms with Gasteiger partial charge in [-0.15, -0.1) is 0 Å². The lowest BCUT2D eigenvalue weighted by Gasteiger charge is -2.56. The van der Waals surface area contributed by atoms with Crippen molar-refractivity contribution in [2.45, 2.75) is 84.2 Å². The molecule has 0 aliphatic heterocycles. The smallest absolute Gasteiger partial charge is 0.306 e. The Hall–Kier alpha value is -1.16. The Morgan fingerprint density at radius 3 is 2.70 bits per heavy atom. The number of Topliss-reactive ketones (excluding diaryl/α,β-unsaturated/α-hetero) is 1. The van der Waals surface area contributed by atoms with Gasteiger partial charge in [0, 0.05) is 24.7 Å². The Kier molecular flexibility index (Phi) is 4.99. The Bertz CT molecular complexity index is 656. The highest BCUT2D eigenvalue weighted by Crippen LogP contribution is 2.64. The molecule has 4 heteroatoms. The van der Waals surface area contributed by atoms with Gasteiger partial charge in [-0.1, -0.05) is 25.5 Å². The Labute approximate surface area is 163 Å². The zero-order valence-electron chi connectivity index (χ0n) is 17.0. The molecule has 4 aliphatic rings. The highest BCUT2D eigenvalue weighted by atomic mass is 16.5. The maximum Gasteiger partial charge on any atom is 0.306 e. The van der Waals surface area contributed by atoms with Crippen LogP contribution in [0.4, 0.5) is 0 Å². The molecule has 0 aromatic rings. The molecule has 4 rings (SSSR count). The molecule has 0 amide bonds. The van der Waals surface area contributed by atoms with E-state index in [0.717, 1.165) is 44.9 Å². The summed E-state index contributed by atoms with van der Waals surface area (Å²) in [5, 5.41) is 0. The number of carbonyl (C=O) groups is 2. The maximum atomic E-state index is 12.5. The summed E-state index contributed by atoms with van der Waals surface area (Å²) in [5.74, 6) is 2.34. The van der Waals surface area contributed by atoms with E-state index < -0.39 is 0 Å². The van der Waals surface area contributed by atoms with E-state index >= 15 is 0 Å². The zero-order valence-corrected chi connectivity index (χ0v) is 17.0. The lowest BCUT2D eigenvalue weighted by molar-refractivity contribution is -0.151. The minimum absolute atomic E-state index is 0.0352. The molecule has 0 saturated heterocycles. The summed E-state index contributed by atoms with van der Waals surface area (Å²) in [4.78, 5) is 24.5. The third kappa shape index (κ3) is 3.08. The SMILES string of the molecule is C[C@]12CC[C@@H](OC(=O)CCCN)CC1=CCC1C2CC[C@]2(C)C(=O)CCC12. The van der Waals surface area contributed by atoms with Gasteiger partial charge in [-0.2, -0.15) is 0 Å². The van der Waals surface area contributed by atoms with E-state index in [1.165, 1.54) is 12.0 Å². The van der Waals surface area contributed by atoms with Gasteiger partial charge < -0.3 is 10.5 Å². The monoisotopic (exact) mass is 373 g/mol. The van der Waals surface area contributed by atoms with Crippen molar-refractivity contribution in [1.29, 1.82) is 0 Å². The van der Waals surface area contributed by atoms with E-state index in [0.29, 0.717) is 42.9 Å². The molecule has 4 nitrogen and oxygen atoms in total. The molecule has 27 heavy (non-hydrogen) atoms. The molecule has 0 radical (unpaired) electrons. The normalized spacial score (nSPS) is 43.4. The molecule has 0 spiro atoms. The lowest BCUT2D eigenvalue weighted by Crippen LogP contribution is -2.50. The van der Waals surface area contributed by atoms with Gasteiger partial charge in [0.25, 0.3) is 0 Å². The van der Waals surface area contributed by atoms with Gasteiger partial charge in [0.2, 0.25) is 0 Å². The number of allylic oxidation sites excluding steroid dienone is 1. The van der Waals surface area contributed by atoms with Crippen LogP contribution < -0.4 is 5.73 Å². The van der Waals surface area contributed by atoms with Crippen molar-refractivity contribution in [1.82, 2.24) is 0 Å². The number of ketones is 1. The molecule has 4 aliphatic carbocycles. The van der Waals surface area contributed by atoms with Crippen molar-refractivity contribution in [3.05, 3.63) is 11.6 Å². The van der Waals surface area contributed by atoms with E-state index in [-0.39, 0.29) is 22.9 Å². The lowest BCUT2D eigenvalue weighted by atomic mass is 9.48. The van der Waals surface area contributed by atoms with Crippen molar-refractivity contribution < 1.29 is 14.3 Å². The predicted octanol–water partition coefficient (Wildman–Crippen LogP) is 4.17. The number of rotatable bonds is 4. The third-order valence-electron chi connectivity index (χ3n) is 8.65. The minimum atomic E-state index is -0.0961. The van der Waals surface area contributed by atoms with Gasteiger partial charge in [0.1, 0.15) is 11.9 Å². The highest BCUT2D eigenvalue weighted by Gasteiger charge is 2.58. The molecular weight excluding hydrogens is 338 g/mol. The summed E-state index contributed by atoms with van der Waals surface area (Å²) < 4.78 is 5.74. The summed E-state index contributed by atoms with van der Waals surface area (Å²) in [6.07, 6.45) is 11.8. The van der Waals surface area contributed by atoms with Crippen molar-refractivity contribution in [3.63, 3.8) is 0 Å². The molecule has 150 valence electrons. The highest BCUT2D eigenvalue weighted by molar-refractivity contribution is 5.87. The van der Waals surface area contributed by atoms with Crippen molar-refractivity contribution in [2.75, 3.05) is 6.54 Å². The van der Waals surface area contributed by atoms with Crippen LogP contribution >= 0.6 is 0 Å². The summed E-state index contributed by atoms with van der Waals surface area (Å²) in [6.45, 7) is 5.22. The van der Waals surface area contributed by atoms with Crippen LogP contribution in [-0.2, 0) is 14.3 Å². The second kappa shape index (κ2) is 7.02. The average Bonchev–Trinajstić information content (AvgIpc) is 2.95. The summed E-state index contributed by atoms with van der Waals surface area (Å²) in [6, 6.07) is 0.